The highest BCUT2D eigenvalue weighted by Gasteiger charge is 2.23. The van der Waals surface area contributed by atoms with Crippen molar-refractivity contribution >= 4 is 28.4 Å². The van der Waals surface area contributed by atoms with Crippen molar-refractivity contribution in [1.29, 1.82) is 0 Å². The first-order valence-electron chi connectivity index (χ1n) is 7.00. The molecule has 0 aliphatic heterocycles. The Kier molecular flexibility index (Phi) is 5.21. The second-order valence-corrected chi connectivity index (χ2v) is 6.24. The van der Waals surface area contributed by atoms with Gasteiger partial charge in [0.2, 0.25) is 0 Å². The Labute approximate surface area is 123 Å². The first kappa shape index (κ1) is 14.0. The van der Waals surface area contributed by atoms with Gasteiger partial charge in [-0.3, -0.25) is 0 Å². The molecule has 2 rings (SSSR count). The van der Waals surface area contributed by atoms with Gasteiger partial charge in [0.05, 0.1) is 3.57 Å². The van der Waals surface area contributed by atoms with Gasteiger partial charge in [0.25, 0.3) is 0 Å². The minimum absolute atomic E-state index is 0.571. The second-order valence-electron chi connectivity index (χ2n) is 5.08. The van der Waals surface area contributed by atoms with Crippen LogP contribution in [0.15, 0.2) is 6.20 Å². The van der Waals surface area contributed by atoms with Crippen LogP contribution in [0.5, 0.6) is 0 Å². The Bertz CT molecular complexity index is 387. The Morgan fingerprint density at radius 2 is 2.00 bits per heavy atom. The number of anilines is 1. The number of hydrogen-bond acceptors (Lipinski definition) is 3. The molecule has 0 spiro atoms. The van der Waals surface area contributed by atoms with Gasteiger partial charge in [-0.1, -0.05) is 13.3 Å². The molecular formula is C14H22IN3. The zero-order valence-electron chi connectivity index (χ0n) is 11.2. The molecule has 1 aliphatic rings. The van der Waals surface area contributed by atoms with Crippen LogP contribution in [-0.2, 0) is 0 Å². The van der Waals surface area contributed by atoms with Crippen LogP contribution in [0.2, 0.25) is 0 Å². The predicted octanol–water partition coefficient (Wildman–Crippen LogP) is 4.20. The molecule has 1 saturated carbocycles. The van der Waals surface area contributed by atoms with E-state index in [0.717, 1.165) is 27.7 Å². The number of hydrogen-bond donors (Lipinski definition) is 1. The summed E-state index contributed by atoms with van der Waals surface area (Å²) in [7, 11) is 0. The molecule has 0 atom stereocenters. The van der Waals surface area contributed by atoms with E-state index < -0.39 is 0 Å². The summed E-state index contributed by atoms with van der Waals surface area (Å²) >= 11 is 2.29. The van der Waals surface area contributed by atoms with Gasteiger partial charge < -0.3 is 5.32 Å². The SMILES string of the molecule is CCNc1nc(C2CCC(CC)CC2)ncc1I. The highest BCUT2D eigenvalue weighted by Crippen LogP contribution is 2.36. The molecule has 0 amide bonds. The van der Waals surface area contributed by atoms with Crippen LogP contribution in [0.4, 0.5) is 5.82 Å². The fourth-order valence-corrected chi connectivity index (χ4v) is 3.15. The van der Waals surface area contributed by atoms with Crippen molar-refractivity contribution in [1.82, 2.24) is 9.97 Å². The van der Waals surface area contributed by atoms with Crippen LogP contribution in [0.1, 0.15) is 57.7 Å². The first-order chi connectivity index (χ1) is 8.74. The summed E-state index contributed by atoms with van der Waals surface area (Å²) in [6.45, 7) is 5.31. The molecule has 1 fully saturated rings. The van der Waals surface area contributed by atoms with Gasteiger partial charge in [-0.25, -0.2) is 9.97 Å². The Balaban J connectivity index is 2.07. The molecule has 0 radical (unpaired) electrons. The lowest BCUT2D eigenvalue weighted by molar-refractivity contribution is 0.312. The summed E-state index contributed by atoms with van der Waals surface area (Å²) in [5, 5.41) is 3.32. The normalized spacial score (nSPS) is 23.9. The van der Waals surface area contributed by atoms with Crippen LogP contribution in [0, 0.1) is 9.49 Å². The lowest BCUT2D eigenvalue weighted by Gasteiger charge is -2.27. The molecule has 1 aliphatic carbocycles. The average molecular weight is 359 g/mol. The highest BCUT2D eigenvalue weighted by molar-refractivity contribution is 14.1. The number of aromatic nitrogens is 2. The molecular weight excluding hydrogens is 337 g/mol. The van der Waals surface area contributed by atoms with Crippen LogP contribution in [0.3, 0.4) is 0 Å². The number of halogens is 1. The molecule has 0 aromatic carbocycles. The van der Waals surface area contributed by atoms with Crippen molar-refractivity contribution in [3.63, 3.8) is 0 Å². The predicted molar refractivity (Wildman–Crippen MR) is 83.9 cm³/mol. The third-order valence-corrected chi connectivity index (χ3v) is 4.69. The molecule has 100 valence electrons. The van der Waals surface area contributed by atoms with Crippen molar-refractivity contribution in [3.05, 3.63) is 15.6 Å². The van der Waals surface area contributed by atoms with Crippen LogP contribution in [0.25, 0.3) is 0 Å². The van der Waals surface area contributed by atoms with Gasteiger partial charge in [0.15, 0.2) is 0 Å². The van der Waals surface area contributed by atoms with Crippen molar-refractivity contribution < 1.29 is 0 Å². The number of nitrogens with one attached hydrogen (secondary N) is 1. The largest absolute Gasteiger partial charge is 0.369 e. The van der Waals surface area contributed by atoms with Crippen LogP contribution < -0.4 is 5.32 Å². The van der Waals surface area contributed by atoms with E-state index in [2.05, 4.69) is 46.7 Å². The van der Waals surface area contributed by atoms with Gasteiger partial charge in [0, 0.05) is 18.7 Å². The summed E-state index contributed by atoms with van der Waals surface area (Å²) in [5.41, 5.74) is 0. The lowest BCUT2D eigenvalue weighted by atomic mass is 9.80. The molecule has 1 N–H and O–H groups in total. The van der Waals surface area contributed by atoms with E-state index in [-0.39, 0.29) is 0 Å². The van der Waals surface area contributed by atoms with Gasteiger partial charge in [0.1, 0.15) is 11.6 Å². The molecule has 1 aromatic rings. The minimum atomic E-state index is 0.571. The van der Waals surface area contributed by atoms with E-state index in [1.165, 1.54) is 32.1 Å². The quantitative estimate of drug-likeness (QED) is 0.819. The van der Waals surface area contributed by atoms with Crippen molar-refractivity contribution in [2.75, 3.05) is 11.9 Å². The van der Waals surface area contributed by atoms with E-state index in [0.29, 0.717) is 5.92 Å². The third kappa shape index (κ3) is 3.33. The molecule has 0 unspecified atom stereocenters. The standard InChI is InChI=1S/C14H22IN3/c1-3-10-5-7-11(8-6-10)13-17-9-12(15)14(18-13)16-4-2/h9-11H,3-8H2,1-2H3,(H,16,17,18). The Morgan fingerprint density at radius 3 is 2.61 bits per heavy atom. The molecule has 3 nitrogen and oxygen atoms in total. The zero-order chi connectivity index (χ0) is 13.0. The number of nitrogens with zero attached hydrogens (tertiary/aromatic N) is 2. The minimum Gasteiger partial charge on any atom is -0.369 e. The monoisotopic (exact) mass is 359 g/mol. The molecule has 0 saturated heterocycles. The van der Waals surface area contributed by atoms with Gasteiger partial charge in [-0.15, -0.1) is 0 Å². The zero-order valence-corrected chi connectivity index (χ0v) is 13.4. The fraction of sp³-hybridized carbons (Fsp3) is 0.714. The first-order valence-corrected chi connectivity index (χ1v) is 8.08. The summed E-state index contributed by atoms with van der Waals surface area (Å²) < 4.78 is 1.11. The van der Waals surface area contributed by atoms with E-state index in [1.54, 1.807) is 0 Å². The maximum absolute atomic E-state index is 4.71. The lowest BCUT2D eigenvalue weighted by Crippen LogP contribution is -2.16. The van der Waals surface area contributed by atoms with E-state index in [1.807, 2.05) is 6.20 Å². The van der Waals surface area contributed by atoms with Crippen molar-refractivity contribution in [2.24, 2.45) is 5.92 Å². The molecule has 0 bridgehead atoms. The van der Waals surface area contributed by atoms with Crippen LogP contribution >= 0.6 is 22.6 Å². The van der Waals surface area contributed by atoms with Gasteiger partial charge in [-0.2, -0.15) is 0 Å². The van der Waals surface area contributed by atoms with Gasteiger partial charge >= 0.3 is 0 Å². The number of rotatable bonds is 4. The van der Waals surface area contributed by atoms with Crippen LogP contribution in [-0.4, -0.2) is 16.5 Å². The summed E-state index contributed by atoms with van der Waals surface area (Å²) in [6.07, 6.45) is 8.46. The molecule has 4 heteroatoms. The maximum atomic E-state index is 4.71. The van der Waals surface area contributed by atoms with E-state index in [4.69, 9.17) is 4.98 Å². The smallest absolute Gasteiger partial charge is 0.143 e. The third-order valence-electron chi connectivity index (χ3n) is 3.90. The fourth-order valence-electron chi connectivity index (χ4n) is 2.70. The van der Waals surface area contributed by atoms with Crippen molar-refractivity contribution in [2.45, 2.75) is 51.9 Å². The van der Waals surface area contributed by atoms with Gasteiger partial charge in [-0.05, 0) is 61.1 Å². The highest BCUT2D eigenvalue weighted by atomic mass is 127. The van der Waals surface area contributed by atoms with E-state index >= 15 is 0 Å². The maximum Gasteiger partial charge on any atom is 0.143 e. The summed E-state index contributed by atoms with van der Waals surface area (Å²) in [6, 6.07) is 0. The van der Waals surface area contributed by atoms with Crippen molar-refractivity contribution in [3.8, 4) is 0 Å². The molecule has 1 heterocycles. The topological polar surface area (TPSA) is 37.8 Å². The Hall–Kier alpha value is -0.390. The Morgan fingerprint density at radius 1 is 1.28 bits per heavy atom. The summed E-state index contributed by atoms with van der Waals surface area (Å²) in [5.74, 6) is 3.54. The summed E-state index contributed by atoms with van der Waals surface area (Å²) in [4.78, 5) is 9.24. The molecule has 18 heavy (non-hydrogen) atoms. The average Bonchev–Trinajstić information content (AvgIpc) is 2.42. The second kappa shape index (κ2) is 6.68. The van der Waals surface area contributed by atoms with E-state index in [9.17, 15) is 0 Å². The molecule has 1 aromatic heterocycles.